The van der Waals surface area contributed by atoms with Crippen LogP contribution in [0.25, 0.3) is 32.9 Å². The molecule has 1 saturated carbocycles. The number of ether oxygens (including phenoxy) is 2. The third-order valence-corrected chi connectivity index (χ3v) is 6.11. The number of pyridine rings is 2. The van der Waals surface area contributed by atoms with Crippen molar-refractivity contribution in [1.82, 2.24) is 14.5 Å². The van der Waals surface area contributed by atoms with Gasteiger partial charge in [0.1, 0.15) is 6.10 Å². The van der Waals surface area contributed by atoms with Gasteiger partial charge in [0.2, 0.25) is 5.88 Å². The van der Waals surface area contributed by atoms with E-state index in [-0.39, 0.29) is 13.2 Å². The summed E-state index contributed by atoms with van der Waals surface area (Å²) in [7, 11) is 2.10. The first-order valence-corrected chi connectivity index (χ1v) is 12.0. The summed E-state index contributed by atoms with van der Waals surface area (Å²) in [6.07, 6.45) is 11.0. The Morgan fingerprint density at radius 3 is 2.32 bits per heavy atom. The minimum Gasteiger partial charge on any atom is -0.474 e. The van der Waals surface area contributed by atoms with E-state index in [0.717, 1.165) is 29.8 Å². The molecule has 0 aliphatic heterocycles. The Morgan fingerprint density at radius 1 is 0.912 bits per heavy atom. The predicted molar refractivity (Wildman–Crippen MR) is 134 cm³/mol. The molecule has 1 aliphatic rings. The number of aliphatic hydroxyl groups is 2. The van der Waals surface area contributed by atoms with Crippen LogP contribution in [0.4, 0.5) is 0 Å². The van der Waals surface area contributed by atoms with Gasteiger partial charge in [0.25, 0.3) is 0 Å². The van der Waals surface area contributed by atoms with Gasteiger partial charge in [-0.2, -0.15) is 0 Å². The largest absolute Gasteiger partial charge is 0.474 e. The molecular formula is C27H33N3O4. The molecule has 0 amide bonds. The molecule has 7 nitrogen and oxygen atoms in total. The van der Waals surface area contributed by atoms with E-state index in [2.05, 4.69) is 51.9 Å². The van der Waals surface area contributed by atoms with Crippen LogP contribution in [0.3, 0.4) is 0 Å². The second-order valence-corrected chi connectivity index (χ2v) is 8.51. The molecule has 34 heavy (non-hydrogen) atoms. The molecule has 0 spiro atoms. The zero-order valence-electron chi connectivity index (χ0n) is 19.7. The number of nitrogens with zero attached hydrogens (tertiary/aromatic N) is 3. The zero-order chi connectivity index (χ0) is 23.8. The van der Waals surface area contributed by atoms with Crippen molar-refractivity contribution in [2.75, 3.05) is 26.4 Å². The lowest BCUT2D eigenvalue weighted by Gasteiger charge is -2.25. The van der Waals surface area contributed by atoms with Gasteiger partial charge in [0.05, 0.1) is 5.52 Å². The number of fused-ring (bicyclic) bond motifs is 3. The summed E-state index contributed by atoms with van der Waals surface area (Å²) in [6.45, 7) is 1.55. The fourth-order valence-corrected chi connectivity index (χ4v) is 3.95. The first-order chi connectivity index (χ1) is 16.7. The van der Waals surface area contributed by atoms with E-state index in [9.17, 15) is 0 Å². The van der Waals surface area contributed by atoms with Crippen molar-refractivity contribution in [3.63, 3.8) is 0 Å². The second-order valence-electron chi connectivity index (χ2n) is 8.51. The maximum atomic E-state index is 8.29. The monoisotopic (exact) mass is 463 g/mol. The first kappa shape index (κ1) is 24.1. The first-order valence-electron chi connectivity index (χ1n) is 12.0. The number of aryl methyl sites for hydroxylation is 1. The topological polar surface area (TPSA) is 89.6 Å². The molecule has 7 heteroatoms. The van der Waals surface area contributed by atoms with E-state index in [0.29, 0.717) is 32.2 Å². The lowest BCUT2D eigenvalue weighted by molar-refractivity contribution is 0.102. The van der Waals surface area contributed by atoms with Crippen LogP contribution in [0.2, 0.25) is 0 Å². The molecule has 1 aliphatic carbocycles. The molecule has 2 N–H and O–H groups in total. The van der Waals surface area contributed by atoms with Gasteiger partial charge in [-0.25, -0.2) is 4.98 Å². The smallest absolute Gasteiger partial charge is 0.213 e. The molecule has 3 heterocycles. The van der Waals surface area contributed by atoms with Gasteiger partial charge >= 0.3 is 0 Å². The number of aromatic nitrogens is 3. The Morgan fingerprint density at radius 2 is 1.68 bits per heavy atom. The summed E-state index contributed by atoms with van der Waals surface area (Å²) in [5, 5.41) is 19.0. The Bertz CT molecular complexity index is 1180. The van der Waals surface area contributed by atoms with Gasteiger partial charge in [0.15, 0.2) is 0 Å². The van der Waals surface area contributed by atoms with Crippen LogP contribution in [-0.2, 0) is 11.8 Å². The molecule has 0 bridgehead atoms. The lowest BCUT2D eigenvalue weighted by atomic mass is 9.96. The Labute approximate surface area is 200 Å². The van der Waals surface area contributed by atoms with E-state index >= 15 is 0 Å². The maximum Gasteiger partial charge on any atom is 0.213 e. The Hall–Kier alpha value is -3.00. The molecule has 1 aromatic carbocycles. The number of hydrogen-bond donors (Lipinski definition) is 2. The van der Waals surface area contributed by atoms with Gasteiger partial charge in [0, 0.05) is 80.0 Å². The van der Waals surface area contributed by atoms with Crippen LogP contribution in [0.15, 0.2) is 55.0 Å². The van der Waals surface area contributed by atoms with Crippen molar-refractivity contribution >= 4 is 21.8 Å². The average Bonchev–Trinajstić information content (AvgIpc) is 3.14. The van der Waals surface area contributed by atoms with Crippen molar-refractivity contribution < 1.29 is 19.7 Å². The predicted octanol–water partition coefficient (Wildman–Crippen LogP) is 4.49. The third-order valence-electron chi connectivity index (χ3n) is 6.11. The minimum absolute atomic E-state index is 0.180. The minimum atomic E-state index is 0.180. The summed E-state index contributed by atoms with van der Waals surface area (Å²) < 4.78 is 13.1. The molecule has 0 unspecified atom stereocenters. The fourth-order valence-electron chi connectivity index (χ4n) is 3.95. The molecule has 5 rings (SSSR count). The van der Waals surface area contributed by atoms with Crippen molar-refractivity contribution in [3.8, 4) is 17.0 Å². The average molecular weight is 464 g/mol. The van der Waals surface area contributed by atoms with Gasteiger partial charge in [-0.15, -0.1) is 0 Å². The van der Waals surface area contributed by atoms with E-state index < -0.39 is 0 Å². The highest BCUT2D eigenvalue weighted by atomic mass is 16.5. The molecule has 0 atom stereocenters. The third kappa shape index (κ3) is 5.73. The van der Waals surface area contributed by atoms with Crippen LogP contribution in [0.5, 0.6) is 5.88 Å². The van der Waals surface area contributed by atoms with Gasteiger partial charge in [-0.1, -0.05) is 12.1 Å². The standard InChI is InChI=1S/C21H19N3O.C6H14O3/c1-24-19-9-10-22-13-18(19)17-7-5-14(11-20(17)24)15-6-8-21(23-12-15)25-16-3-2-4-16;7-3-1-5-9-6-2-4-8/h5-13,16H,2-4H2,1H3;7-8H,1-6H2. The SMILES string of the molecule is Cn1c2ccncc2c2ccc(-c3ccc(OC4CCC4)nc3)cc21.OCCCOCCCO. The van der Waals surface area contributed by atoms with Crippen LogP contribution in [0, 0.1) is 0 Å². The molecule has 1 fully saturated rings. The second kappa shape index (κ2) is 11.9. The van der Waals surface area contributed by atoms with Crippen molar-refractivity contribution in [1.29, 1.82) is 0 Å². The summed E-state index contributed by atoms with van der Waals surface area (Å²) in [5.41, 5.74) is 4.67. The Kier molecular flexibility index (Phi) is 8.46. The highest BCUT2D eigenvalue weighted by molar-refractivity contribution is 6.08. The highest BCUT2D eigenvalue weighted by Crippen LogP contribution is 2.31. The quantitative estimate of drug-likeness (QED) is 0.356. The highest BCUT2D eigenvalue weighted by Gasteiger charge is 2.19. The van der Waals surface area contributed by atoms with Gasteiger partial charge in [-0.05, 0) is 55.9 Å². The Balaban J connectivity index is 0.000000262. The molecule has 0 saturated heterocycles. The molecule has 0 radical (unpaired) electrons. The zero-order valence-corrected chi connectivity index (χ0v) is 19.7. The van der Waals surface area contributed by atoms with Gasteiger partial charge in [-0.3, -0.25) is 4.98 Å². The summed E-state index contributed by atoms with van der Waals surface area (Å²) in [5.74, 6) is 0.727. The normalized spacial score (nSPS) is 13.5. The summed E-state index contributed by atoms with van der Waals surface area (Å²) in [4.78, 5) is 8.75. The van der Waals surface area contributed by atoms with Crippen molar-refractivity contribution in [3.05, 3.63) is 55.0 Å². The summed E-state index contributed by atoms with van der Waals surface area (Å²) >= 11 is 0. The molecule has 4 aromatic rings. The number of hydrogen-bond acceptors (Lipinski definition) is 6. The van der Waals surface area contributed by atoms with Gasteiger partial charge < -0.3 is 24.3 Å². The van der Waals surface area contributed by atoms with Crippen LogP contribution >= 0.6 is 0 Å². The maximum absolute atomic E-state index is 8.29. The number of rotatable bonds is 9. The number of aliphatic hydroxyl groups excluding tert-OH is 2. The van der Waals surface area contributed by atoms with E-state index in [1.807, 2.05) is 24.7 Å². The molecule has 3 aromatic heterocycles. The van der Waals surface area contributed by atoms with E-state index in [1.54, 1.807) is 0 Å². The van der Waals surface area contributed by atoms with Crippen LogP contribution in [0.1, 0.15) is 32.1 Å². The van der Waals surface area contributed by atoms with Crippen molar-refractivity contribution in [2.45, 2.75) is 38.2 Å². The number of benzene rings is 1. The lowest BCUT2D eigenvalue weighted by Crippen LogP contribution is -2.24. The van der Waals surface area contributed by atoms with Crippen LogP contribution in [-0.4, -0.2) is 57.3 Å². The van der Waals surface area contributed by atoms with Crippen molar-refractivity contribution in [2.24, 2.45) is 7.05 Å². The van der Waals surface area contributed by atoms with E-state index in [4.69, 9.17) is 19.7 Å². The van der Waals surface area contributed by atoms with Crippen LogP contribution < -0.4 is 4.74 Å². The van der Waals surface area contributed by atoms with E-state index in [1.165, 1.54) is 28.2 Å². The summed E-state index contributed by atoms with van der Waals surface area (Å²) in [6, 6.07) is 12.7. The molecular weight excluding hydrogens is 430 g/mol. The fraction of sp³-hybridized carbons (Fsp3) is 0.407. The molecule has 180 valence electrons.